The van der Waals surface area contributed by atoms with E-state index in [1.807, 2.05) is 97.9 Å². The Morgan fingerprint density at radius 3 is 1.82 bits per heavy atom. The summed E-state index contributed by atoms with van der Waals surface area (Å²) in [5.74, 6) is 0.502. The van der Waals surface area contributed by atoms with Crippen LogP contribution >= 0.6 is 7.14 Å². The molecule has 3 atom stereocenters. The molecule has 4 aromatic carbocycles. The van der Waals surface area contributed by atoms with Crippen molar-refractivity contribution in [2.24, 2.45) is 16.7 Å². The molecule has 0 aromatic heterocycles. The Bertz CT molecular complexity index is 1670. The maximum absolute atomic E-state index is 15.6. The van der Waals surface area contributed by atoms with Gasteiger partial charge in [0.1, 0.15) is 0 Å². The first-order valence-electron chi connectivity index (χ1n) is 14.3. The zero-order valence-electron chi connectivity index (χ0n) is 23.7. The monoisotopic (exact) mass is 571 g/mol. The van der Waals surface area contributed by atoms with Gasteiger partial charge in [-0.3, -0.25) is 0 Å². The van der Waals surface area contributed by atoms with E-state index in [-0.39, 0.29) is 21.8 Å². The van der Waals surface area contributed by atoms with Crippen LogP contribution < -0.4 is 15.9 Å². The van der Waals surface area contributed by atoms with Crippen molar-refractivity contribution in [3.05, 3.63) is 97.1 Å². The number of fused-ring (bicyclic) bond motifs is 3. The van der Waals surface area contributed by atoms with Crippen LogP contribution in [0.2, 0.25) is 0 Å². The fourth-order valence-corrected chi connectivity index (χ4v) is 13.0. The van der Waals surface area contributed by atoms with Gasteiger partial charge in [-0.2, -0.15) is 4.31 Å². The van der Waals surface area contributed by atoms with Gasteiger partial charge < -0.3 is 4.57 Å². The summed E-state index contributed by atoms with van der Waals surface area (Å²) in [6, 6.07) is 30.0. The quantitative estimate of drug-likeness (QED) is 0.232. The Balaban J connectivity index is 1.62. The highest BCUT2D eigenvalue weighted by Gasteiger charge is 2.63. The first-order valence-corrected chi connectivity index (χ1v) is 17.5. The summed E-state index contributed by atoms with van der Waals surface area (Å²) in [5, 5.41) is 3.34. The number of hydrogen-bond donors (Lipinski definition) is 0. The van der Waals surface area contributed by atoms with Crippen LogP contribution in [0.15, 0.2) is 102 Å². The minimum absolute atomic E-state index is 0.0657. The third-order valence-corrected chi connectivity index (χ3v) is 15.7. The molecule has 0 heterocycles. The van der Waals surface area contributed by atoms with Gasteiger partial charge in [-0.15, -0.1) is 0 Å². The van der Waals surface area contributed by atoms with E-state index in [4.69, 9.17) is 0 Å². The number of hydrogen-bond acceptors (Lipinski definition) is 3. The van der Waals surface area contributed by atoms with Gasteiger partial charge in [0.15, 0.2) is 7.14 Å². The molecule has 0 N–H and O–H groups in total. The fourth-order valence-electron chi connectivity index (χ4n) is 7.64. The number of nitrogens with zero attached hydrogens (tertiary/aromatic N) is 1. The van der Waals surface area contributed by atoms with E-state index in [9.17, 15) is 8.42 Å². The van der Waals surface area contributed by atoms with Gasteiger partial charge in [0.25, 0.3) is 0 Å². The Hall–Kier alpha value is -2.72. The van der Waals surface area contributed by atoms with E-state index in [1.54, 1.807) is 10.4 Å². The molecule has 0 spiro atoms. The van der Waals surface area contributed by atoms with Crippen molar-refractivity contribution in [3.63, 3.8) is 0 Å². The van der Waals surface area contributed by atoms with Gasteiger partial charge in [-0.1, -0.05) is 113 Å². The van der Waals surface area contributed by atoms with Crippen molar-refractivity contribution >= 4 is 43.9 Å². The zero-order valence-corrected chi connectivity index (χ0v) is 25.5. The lowest BCUT2D eigenvalue weighted by atomic mass is 9.69. The molecule has 208 valence electrons. The molecule has 2 bridgehead atoms. The third-order valence-electron chi connectivity index (χ3n) is 10.4. The first kappa shape index (κ1) is 27.4. The first-order chi connectivity index (χ1) is 19.0. The van der Waals surface area contributed by atoms with Crippen molar-refractivity contribution in [1.82, 2.24) is 4.31 Å². The van der Waals surface area contributed by atoms with E-state index in [1.165, 1.54) is 0 Å². The molecule has 6 heteroatoms. The summed E-state index contributed by atoms with van der Waals surface area (Å²) in [6.07, 6.45) is 3.04. The van der Waals surface area contributed by atoms with Gasteiger partial charge in [0.2, 0.25) is 10.0 Å². The topological polar surface area (TPSA) is 54.5 Å². The second kappa shape index (κ2) is 9.69. The maximum Gasteiger partial charge on any atom is 0.244 e. The molecule has 4 aromatic rings. The SMILES string of the molecule is CCN([C@@H]1C[C@H]2CC[C@]1(C)C2(C)C)S(=O)(=O)c1cc2ccccc2cc1P(=O)(c1ccccc1)c1ccccc1. The van der Waals surface area contributed by atoms with Crippen LogP contribution in [0.5, 0.6) is 0 Å². The van der Waals surface area contributed by atoms with Gasteiger partial charge in [-0.05, 0) is 58.9 Å². The van der Waals surface area contributed by atoms with Crippen LogP contribution in [0.3, 0.4) is 0 Å². The van der Waals surface area contributed by atoms with Crippen molar-refractivity contribution < 1.29 is 13.0 Å². The van der Waals surface area contributed by atoms with E-state index < -0.39 is 17.2 Å². The van der Waals surface area contributed by atoms with Crippen LogP contribution in [0.4, 0.5) is 0 Å². The maximum atomic E-state index is 15.6. The zero-order chi connectivity index (χ0) is 28.3. The largest absolute Gasteiger partial charge is 0.309 e. The molecule has 6 rings (SSSR count). The minimum Gasteiger partial charge on any atom is -0.309 e. The average Bonchev–Trinajstić information content (AvgIpc) is 3.31. The lowest BCUT2D eigenvalue weighted by Crippen LogP contribution is -2.50. The predicted octanol–water partition coefficient (Wildman–Crippen LogP) is 6.70. The summed E-state index contributed by atoms with van der Waals surface area (Å²) in [6.45, 7) is 9.22. The predicted molar refractivity (Wildman–Crippen MR) is 166 cm³/mol. The van der Waals surface area contributed by atoms with Crippen LogP contribution in [-0.2, 0) is 14.6 Å². The van der Waals surface area contributed by atoms with Crippen molar-refractivity contribution in [1.29, 1.82) is 0 Å². The van der Waals surface area contributed by atoms with Gasteiger partial charge >= 0.3 is 0 Å². The second-order valence-electron chi connectivity index (χ2n) is 12.3. The highest BCUT2D eigenvalue weighted by molar-refractivity contribution is 7.91. The summed E-state index contributed by atoms with van der Waals surface area (Å²) in [4.78, 5) is 0.160. The molecule has 2 aliphatic rings. The molecule has 0 amide bonds. The number of rotatable bonds is 7. The number of benzene rings is 4. The minimum atomic E-state index is -4.01. The second-order valence-corrected chi connectivity index (χ2v) is 16.9. The van der Waals surface area contributed by atoms with Crippen LogP contribution in [0.1, 0.15) is 47.0 Å². The molecule has 0 saturated heterocycles. The summed E-state index contributed by atoms with van der Waals surface area (Å²) >= 11 is 0. The average molecular weight is 572 g/mol. The Kier molecular flexibility index (Phi) is 6.65. The van der Waals surface area contributed by atoms with Crippen LogP contribution in [0, 0.1) is 16.7 Å². The molecule has 2 aliphatic carbocycles. The molecule has 2 fully saturated rings. The van der Waals surface area contributed by atoms with Gasteiger partial charge in [0, 0.05) is 28.5 Å². The summed E-state index contributed by atoms with van der Waals surface area (Å²) in [7, 11) is -7.56. The lowest BCUT2D eigenvalue weighted by Gasteiger charge is -2.43. The molecule has 0 unspecified atom stereocenters. The summed E-state index contributed by atoms with van der Waals surface area (Å²) in [5.41, 5.74) is -0.0451. The van der Waals surface area contributed by atoms with E-state index >= 15 is 4.57 Å². The molecule has 40 heavy (non-hydrogen) atoms. The smallest absolute Gasteiger partial charge is 0.244 e. The Labute approximate surface area is 238 Å². The molecule has 2 saturated carbocycles. The fraction of sp³-hybridized carbons (Fsp3) is 0.353. The summed E-state index contributed by atoms with van der Waals surface area (Å²) < 4.78 is 47.2. The van der Waals surface area contributed by atoms with E-state index in [0.717, 1.165) is 30.0 Å². The normalized spacial score (nSPS) is 24.1. The van der Waals surface area contributed by atoms with E-state index in [0.29, 0.717) is 28.4 Å². The molecular weight excluding hydrogens is 533 g/mol. The molecular formula is C34H38NO3PS. The molecule has 4 nitrogen and oxygen atoms in total. The van der Waals surface area contributed by atoms with Crippen molar-refractivity contribution in [2.75, 3.05) is 6.54 Å². The van der Waals surface area contributed by atoms with Crippen LogP contribution in [-0.4, -0.2) is 25.3 Å². The Morgan fingerprint density at radius 2 is 1.35 bits per heavy atom. The highest BCUT2D eigenvalue weighted by Crippen LogP contribution is 2.67. The Morgan fingerprint density at radius 1 is 0.825 bits per heavy atom. The molecule has 0 aliphatic heterocycles. The van der Waals surface area contributed by atoms with Crippen molar-refractivity contribution in [3.8, 4) is 0 Å². The van der Waals surface area contributed by atoms with Crippen LogP contribution in [0.25, 0.3) is 10.8 Å². The standard InChI is InChI=1S/C34H38NO3PS/c1-5-35(32-24-27-20-21-34(32,4)33(27,2)3)40(37,38)31-23-26-15-13-12-14-25(26)22-30(31)39(36,28-16-8-6-9-17-28)29-18-10-7-11-19-29/h6-19,22-23,27,32H,5,20-21,24H2,1-4H3/t27-,32-,34+/m1/s1. The van der Waals surface area contributed by atoms with Gasteiger partial charge in [0.05, 0.1) is 4.90 Å². The highest BCUT2D eigenvalue weighted by atomic mass is 32.2. The lowest BCUT2D eigenvalue weighted by molar-refractivity contribution is 0.0870. The number of sulfonamides is 1. The van der Waals surface area contributed by atoms with E-state index in [2.05, 4.69) is 20.8 Å². The third kappa shape index (κ3) is 3.89. The van der Waals surface area contributed by atoms with Crippen molar-refractivity contribution in [2.45, 2.75) is 57.9 Å². The molecule has 0 radical (unpaired) electrons. The van der Waals surface area contributed by atoms with Gasteiger partial charge in [-0.25, -0.2) is 8.42 Å².